The molecule has 25 heavy (non-hydrogen) atoms. The highest BCUT2D eigenvalue weighted by Gasteiger charge is 2.15. The Balaban J connectivity index is 2.35. The summed E-state index contributed by atoms with van der Waals surface area (Å²) in [6.45, 7) is 5.32. The Morgan fingerprint density at radius 1 is 1.16 bits per heavy atom. The van der Waals surface area contributed by atoms with Gasteiger partial charge in [0.2, 0.25) is 0 Å². The molecule has 1 aromatic carbocycles. The SMILES string of the molecule is COc1cccc(C(=O)/C=C/C(=O)OCCNC(=O)OC(C)(C)C)c1. The fourth-order valence-electron chi connectivity index (χ4n) is 1.68. The molecule has 0 atom stereocenters. The maximum atomic E-state index is 11.9. The number of ether oxygens (including phenoxy) is 3. The molecule has 136 valence electrons. The normalized spacial score (nSPS) is 11.0. The molecule has 0 saturated carbocycles. The van der Waals surface area contributed by atoms with Crippen molar-refractivity contribution in [2.45, 2.75) is 26.4 Å². The van der Waals surface area contributed by atoms with Gasteiger partial charge in [0.25, 0.3) is 0 Å². The summed E-state index contributed by atoms with van der Waals surface area (Å²) in [6.07, 6.45) is 1.57. The summed E-state index contributed by atoms with van der Waals surface area (Å²) in [5.41, 5.74) is -0.195. The topological polar surface area (TPSA) is 90.9 Å². The zero-order valence-electron chi connectivity index (χ0n) is 14.8. The van der Waals surface area contributed by atoms with Gasteiger partial charge in [0.1, 0.15) is 18.0 Å². The molecule has 0 fully saturated rings. The highest BCUT2D eigenvalue weighted by Crippen LogP contribution is 2.13. The van der Waals surface area contributed by atoms with E-state index in [1.165, 1.54) is 7.11 Å². The minimum atomic E-state index is -0.678. The summed E-state index contributed by atoms with van der Waals surface area (Å²) in [5.74, 6) is -0.472. The van der Waals surface area contributed by atoms with Gasteiger partial charge in [-0.3, -0.25) is 4.79 Å². The third-order valence-corrected chi connectivity index (χ3v) is 2.74. The highest BCUT2D eigenvalue weighted by atomic mass is 16.6. The molecule has 0 heterocycles. The molecule has 1 amide bonds. The van der Waals surface area contributed by atoms with E-state index in [9.17, 15) is 14.4 Å². The first-order valence-electron chi connectivity index (χ1n) is 7.71. The lowest BCUT2D eigenvalue weighted by Crippen LogP contribution is -2.34. The zero-order valence-corrected chi connectivity index (χ0v) is 14.8. The molecule has 0 unspecified atom stereocenters. The van der Waals surface area contributed by atoms with Gasteiger partial charge in [0.15, 0.2) is 5.78 Å². The molecule has 0 aromatic heterocycles. The molecule has 7 heteroatoms. The summed E-state index contributed by atoms with van der Waals surface area (Å²) >= 11 is 0. The van der Waals surface area contributed by atoms with E-state index in [2.05, 4.69) is 5.32 Å². The zero-order chi connectivity index (χ0) is 18.9. The minimum Gasteiger partial charge on any atom is -0.497 e. The number of carbonyl (C=O) groups excluding carboxylic acids is 3. The fraction of sp³-hybridized carbons (Fsp3) is 0.389. The van der Waals surface area contributed by atoms with Gasteiger partial charge in [0.05, 0.1) is 13.7 Å². The molecule has 7 nitrogen and oxygen atoms in total. The van der Waals surface area contributed by atoms with Crippen molar-refractivity contribution in [1.29, 1.82) is 0 Å². The molecule has 1 aromatic rings. The number of benzene rings is 1. The first-order valence-corrected chi connectivity index (χ1v) is 7.71. The van der Waals surface area contributed by atoms with Crippen molar-refractivity contribution in [1.82, 2.24) is 5.32 Å². The van der Waals surface area contributed by atoms with Crippen LogP contribution in [0, 0.1) is 0 Å². The van der Waals surface area contributed by atoms with Crippen LogP contribution in [0.3, 0.4) is 0 Å². The lowest BCUT2D eigenvalue weighted by Gasteiger charge is -2.19. The summed E-state index contributed by atoms with van der Waals surface area (Å²) in [7, 11) is 1.50. The third-order valence-electron chi connectivity index (χ3n) is 2.74. The predicted octanol–water partition coefficient (Wildman–Crippen LogP) is 2.50. The van der Waals surface area contributed by atoms with Gasteiger partial charge in [-0.2, -0.15) is 0 Å². The van der Waals surface area contributed by atoms with Crippen molar-refractivity contribution < 1.29 is 28.6 Å². The van der Waals surface area contributed by atoms with Crippen LogP contribution in [0.2, 0.25) is 0 Å². The van der Waals surface area contributed by atoms with Crippen LogP contribution in [0.4, 0.5) is 4.79 Å². The lowest BCUT2D eigenvalue weighted by molar-refractivity contribution is -0.137. The standard InChI is InChI=1S/C18H23NO6/c1-18(2,3)25-17(22)19-10-11-24-16(21)9-8-15(20)13-6-5-7-14(12-13)23-4/h5-9,12H,10-11H2,1-4H3,(H,19,22)/b9-8+. The van der Waals surface area contributed by atoms with Crippen LogP contribution in [0.15, 0.2) is 36.4 Å². The van der Waals surface area contributed by atoms with Crippen LogP contribution in [0.25, 0.3) is 0 Å². The number of nitrogens with one attached hydrogen (secondary N) is 1. The van der Waals surface area contributed by atoms with E-state index in [0.717, 1.165) is 12.2 Å². The molecule has 0 spiro atoms. The van der Waals surface area contributed by atoms with Gasteiger partial charge < -0.3 is 19.5 Å². The fourth-order valence-corrected chi connectivity index (χ4v) is 1.68. The molecular formula is C18H23NO6. The van der Waals surface area contributed by atoms with Crippen molar-refractivity contribution >= 4 is 17.8 Å². The van der Waals surface area contributed by atoms with Crippen LogP contribution in [0.1, 0.15) is 31.1 Å². The van der Waals surface area contributed by atoms with Crippen LogP contribution >= 0.6 is 0 Å². The molecule has 0 radical (unpaired) electrons. The van der Waals surface area contributed by atoms with E-state index in [4.69, 9.17) is 14.2 Å². The average molecular weight is 349 g/mol. The number of hydrogen-bond acceptors (Lipinski definition) is 6. The Kier molecular flexibility index (Phi) is 7.65. The van der Waals surface area contributed by atoms with E-state index in [-0.39, 0.29) is 18.9 Å². The number of alkyl carbamates (subject to hydrolysis) is 1. The summed E-state index contributed by atoms with van der Waals surface area (Å²) in [6, 6.07) is 6.58. The van der Waals surface area contributed by atoms with Crippen LogP contribution in [0.5, 0.6) is 5.75 Å². The van der Waals surface area contributed by atoms with Crippen LogP contribution in [-0.4, -0.2) is 43.7 Å². The van der Waals surface area contributed by atoms with Gasteiger partial charge in [-0.1, -0.05) is 12.1 Å². The summed E-state index contributed by atoms with van der Waals surface area (Å²) in [4.78, 5) is 34.9. The second-order valence-electron chi connectivity index (χ2n) is 6.03. The second kappa shape index (κ2) is 9.46. The van der Waals surface area contributed by atoms with Gasteiger partial charge >= 0.3 is 12.1 Å². The van der Waals surface area contributed by atoms with E-state index < -0.39 is 17.7 Å². The predicted molar refractivity (Wildman–Crippen MR) is 91.7 cm³/mol. The number of hydrogen-bond donors (Lipinski definition) is 1. The first kappa shape index (κ1) is 20.2. The van der Waals surface area contributed by atoms with Gasteiger partial charge in [0, 0.05) is 11.6 Å². The third kappa shape index (κ3) is 8.55. The van der Waals surface area contributed by atoms with Crippen LogP contribution in [-0.2, 0) is 14.3 Å². The van der Waals surface area contributed by atoms with Gasteiger partial charge in [-0.15, -0.1) is 0 Å². The maximum absolute atomic E-state index is 11.9. The van der Waals surface area contributed by atoms with E-state index in [1.807, 2.05) is 0 Å². The maximum Gasteiger partial charge on any atom is 0.407 e. The largest absolute Gasteiger partial charge is 0.497 e. The average Bonchev–Trinajstić information content (AvgIpc) is 2.55. The van der Waals surface area contributed by atoms with E-state index in [1.54, 1.807) is 45.0 Å². The van der Waals surface area contributed by atoms with Gasteiger partial charge in [-0.05, 0) is 39.0 Å². The number of esters is 1. The smallest absolute Gasteiger partial charge is 0.407 e. The summed E-state index contributed by atoms with van der Waals surface area (Å²) in [5, 5.41) is 2.45. The molecule has 1 rings (SSSR count). The molecule has 0 aliphatic heterocycles. The Bertz CT molecular complexity index is 645. The van der Waals surface area contributed by atoms with Crippen molar-refractivity contribution in [3.05, 3.63) is 42.0 Å². The second-order valence-corrected chi connectivity index (χ2v) is 6.03. The molecule has 0 bridgehead atoms. The summed E-state index contributed by atoms with van der Waals surface area (Å²) < 4.78 is 14.9. The molecule has 0 saturated heterocycles. The number of rotatable bonds is 7. The Labute approximate surface area is 146 Å². The Morgan fingerprint density at radius 3 is 2.52 bits per heavy atom. The van der Waals surface area contributed by atoms with Gasteiger partial charge in [-0.25, -0.2) is 9.59 Å². The number of carbonyl (C=O) groups is 3. The molecule has 0 aliphatic carbocycles. The number of ketones is 1. The van der Waals surface area contributed by atoms with Crippen molar-refractivity contribution in [3.8, 4) is 5.75 Å². The highest BCUT2D eigenvalue weighted by molar-refractivity contribution is 6.07. The van der Waals surface area contributed by atoms with Crippen molar-refractivity contribution in [3.63, 3.8) is 0 Å². The van der Waals surface area contributed by atoms with Crippen molar-refractivity contribution in [2.75, 3.05) is 20.3 Å². The van der Waals surface area contributed by atoms with E-state index >= 15 is 0 Å². The number of amides is 1. The van der Waals surface area contributed by atoms with Crippen LogP contribution < -0.4 is 10.1 Å². The Morgan fingerprint density at radius 2 is 1.88 bits per heavy atom. The quantitative estimate of drug-likeness (QED) is 0.352. The molecule has 0 aliphatic rings. The number of methoxy groups -OCH3 is 1. The first-order chi connectivity index (χ1) is 11.7. The number of allylic oxidation sites excluding steroid dienone is 1. The monoisotopic (exact) mass is 349 g/mol. The van der Waals surface area contributed by atoms with E-state index in [0.29, 0.717) is 11.3 Å². The minimum absolute atomic E-state index is 0.0320. The molecule has 1 N–H and O–H groups in total. The molecular weight excluding hydrogens is 326 g/mol. The lowest BCUT2D eigenvalue weighted by atomic mass is 10.1. The van der Waals surface area contributed by atoms with Crippen molar-refractivity contribution in [2.24, 2.45) is 0 Å². The Hall–Kier alpha value is -2.83.